The van der Waals surface area contributed by atoms with Gasteiger partial charge >= 0.3 is 0 Å². The van der Waals surface area contributed by atoms with Crippen LogP contribution in [0.25, 0.3) is 0 Å². The van der Waals surface area contributed by atoms with Crippen LogP contribution in [0.4, 0.5) is 11.5 Å². The standard InChI is InChI=1S/C13H21BrN4/c1-18(11-4-2-3-5-11)7-6-16-13-12(14)8-10(15)9-17-13/h8-9,11H,2-7,15H2,1H3,(H,16,17). The number of halogens is 1. The summed E-state index contributed by atoms with van der Waals surface area (Å²) in [6.07, 6.45) is 7.13. The third-order valence-electron chi connectivity index (χ3n) is 3.57. The Hall–Kier alpha value is -0.810. The first-order chi connectivity index (χ1) is 8.66. The normalized spacial score (nSPS) is 16.4. The highest BCUT2D eigenvalue weighted by Crippen LogP contribution is 2.23. The van der Waals surface area contributed by atoms with Crippen LogP contribution in [0.5, 0.6) is 0 Å². The highest BCUT2D eigenvalue weighted by atomic mass is 79.9. The molecule has 0 atom stereocenters. The van der Waals surface area contributed by atoms with Crippen LogP contribution in [-0.4, -0.2) is 36.1 Å². The van der Waals surface area contributed by atoms with Crippen molar-refractivity contribution in [3.05, 3.63) is 16.7 Å². The summed E-state index contributed by atoms with van der Waals surface area (Å²) in [6.45, 7) is 1.95. The first-order valence-electron chi connectivity index (χ1n) is 6.52. The van der Waals surface area contributed by atoms with Crippen molar-refractivity contribution >= 4 is 27.4 Å². The van der Waals surface area contributed by atoms with Gasteiger partial charge in [-0.15, -0.1) is 0 Å². The van der Waals surface area contributed by atoms with E-state index in [4.69, 9.17) is 5.73 Å². The summed E-state index contributed by atoms with van der Waals surface area (Å²) in [5.41, 5.74) is 6.33. The molecule has 0 unspecified atom stereocenters. The second kappa shape index (κ2) is 6.38. The number of aromatic nitrogens is 1. The van der Waals surface area contributed by atoms with E-state index in [2.05, 4.69) is 38.2 Å². The Kier molecular flexibility index (Phi) is 4.83. The molecule has 1 aliphatic rings. The lowest BCUT2D eigenvalue weighted by Gasteiger charge is -2.24. The van der Waals surface area contributed by atoms with Gasteiger partial charge in [0.15, 0.2) is 0 Å². The third-order valence-corrected chi connectivity index (χ3v) is 4.17. The molecular weight excluding hydrogens is 292 g/mol. The second-order valence-electron chi connectivity index (χ2n) is 4.94. The molecule has 100 valence electrons. The van der Waals surface area contributed by atoms with E-state index >= 15 is 0 Å². The molecule has 0 amide bonds. The van der Waals surface area contributed by atoms with Crippen molar-refractivity contribution in [2.75, 3.05) is 31.2 Å². The summed E-state index contributed by atoms with van der Waals surface area (Å²) in [5, 5.41) is 3.34. The van der Waals surface area contributed by atoms with Gasteiger partial charge in [-0.25, -0.2) is 4.98 Å². The minimum absolute atomic E-state index is 0.676. The van der Waals surface area contributed by atoms with Gasteiger partial charge < -0.3 is 16.0 Å². The van der Waals surface area contributed by atoms with Crippen molar-refractivity contribution in [2.45, 2.75) is 31.7 Å². The van der Waals surface area contributed by atoms with E-state index in [0.717, 1.165) is 29.4 Å². The Morgan fingerprint density at radius 1 is 1.50 bits per heavy atom. The summed E-state index contributed by atoms with van der Waals surface area (Å²) in [7, 11) is 2.21. The van der Waals surface area contributed by atoms with Crippen molar-refractivity contribution in [3.8, 4) is 0 Å². The number of hydrogen-bond donors (Lipinski definition) is 2. The molecule has 0 spiro atoms. The van der Waals surface area contributed by atoms with Crippen LogP contribution in [0.2, 0.25) is 0 Å². The lowest BCUT2D eigenvalue weighted by Crippen LogP contribution is -2.33. The van der Waals surface area contributed by atoms with Crippen molar-refractivity contribution in [2.24, 2.45) is 0 Å². The molecule has 1 aliphatic carbocycles. The molecule has 1 heterocycles. The number of likely N-dealkylation sites (N-methyl/N-ethyl adjacent to an activating group) is 1. The molecule has 0 aromatic carbocycles. The van der Waals surface area contributed by atoms with E-state index in [0.29, 0.717) is 5.69 Å². The molecule has 5 heteroatoms. The SMILES string of the molecule is CN(CCNc1ncc(N)cc1Br)C1CCCC1. The molecule has 1 aromatic heterocycles. The Morgan fingerprint density at radius 2 is 2.22 bits per heavy atom. The first-order valence-corrected chi connectivity index (χ1v) is 7.31. The van der Waals surface area contributed by atoms with E-state index < -0.39 is 0 Å². The molecule has 0 saturated heterocycles. The van der Waals surface area contributed by atoms with Crippen LogP contribution in [0, 0.1) is 0 Å². The molecule has 0 radical (unpaired) electrons. The summed E-state index contributed by atoms with van der Waals surface area (Å²) in [5.74, 6) is 0.865. The molecule has 2 rings (SSSR count). The summed E-state index contributed by atoms with van der Waals surface area (Å²) in [6, 6.07) is 2.64. The Labute approximate surface area is 117 Å². The third kappa shape index (κ3) is 3.59. The van der Waals surface area contributed by atoms with Gasteiger partial charge in [-0.1, -0.05) is 12.8 Å². The zero-order valence-electron chi connectivity index (χ0n) is 10.8. The minimum Gasteiger partial charge on any atom is -0.397 e. The highest BCUT2D eigenvalue weighted by Gasteiger charge is 2.18. The molecule has 1 saturated carbocycles. The number of nitrogens with one attached hydrogen (secondary N) is 1. The van der Waals surface area contributed by atoms with Crippen molar-refractivity contribution < 1.29 is 0 Å². The quantitative estimate of drug-likeness (QED) is 0.877. The number of anilines is 2. The number of nitrogens with zero attached hydrogens (tertiary/aromatic N) is 2. The van der Waals surface area contributed by atoms with Crippen LogP contribution >= 0.6 is 15.9 Å². The molecule has 0 bridgehead atoms. The number of nitrogens with two attached hydrogens (primary N) is 1. The Bertz CT molecular complexity index is 391. The summed E-state index contributed by atoms with van der Waals surface area (Å²) in [4.78, 5) is 6.72. The number of nitrogen functional groups attached to an aromatic ring is 1. The molecule has 0 aliphatic heterocycles. The van der Waals surface area contributed by atoms with Crippen LogP contribution in [0.1, 0.15) is 25.7 Å². The maximum Gasteiger partial charge on any atom is 0.140 e. The first kappa shape index (κ1) is 13.6. The maximum absolute atomic E-state index is 5.66. The Balaban J connectivity index is 1.77. The fourth-order valence-electron chi connectivity index (χ4n) is 2.46. The van der Waals surface area contributed by atoms with E-state index in [9.17, 15) is 0 Å². The van der Waals surface area contributed by atoms with Crippen molar-refractivity contribution in [1.29, 1.82) is 0 Å². The van der Waals surface area contributed by atoms with Gasteiger partial charge in [0.05, 0.1) is 16.4 Å². The molecular formula is C13H21BrN4. The zero-order chi connectivity index (χ0) is 13.0. The van der Waals surface area contributed by atoms with Crippen molar-refractivity contribution in [1.82, 2.24) is 9.88 Å². The van der Waals surface area contributed by atoms with Crippen LogP contribution < -0.4 is 11.1 Å². The fourth-order valence-corrected chi connectivity index (χ4v) is 2.97. The van der Waals surface area contributed by atoms with Gasteiger partial charge in [0.1, 0.15) is 5.82 Å². The van der Waals surface area contributed by atoms with E-state index in [-0.39, 0.29) is 0 Å². The van der Waals surface area contributed by atoms with Crippen molar-refractivity contribution in [3.63, 3.8) is 0 Å². The van der Waals surface area contributed by atoms with Gasteiger partial charge in [0.2, 0.25) is 0 Å². The molecule has 18 heavy (non-hydrogen) atoms. The van der Waals surface area contributed by atoms with Gasteiger partial charge in [-0.3, -0.25) is 0 Å². The number of pyridine rings is 1. The summed E-state index contributed by atoms with van der Waals surface area (Å²) >= 11 is 3.46. The lowest BCUT2D eigenvalue weighted by molar-refractivity contribution is 0.254. The maximum atomic E-state index is 5.66. The van der Waals surface area contributed by atoms with E-state index in [1.54, 1.807) is 6.20 Å². The Morgan fingerprint density at radius 3 is 2.89 bits per heavy atom. The predicted molar refractivity (Wildman–Crippen MR) is 79.7 cm³/mol. The molecule has 1 fully saturated rings. The fraction of sp³-hybridized carbons (Fsp3) is 0.615. The van der Waals surface area contributed by atoms with Crippen LogP contribution in [0.15, 0.2) is 16.7 Å². The van der Waals surface area contributed by atoms with Crippen LogP contribution in [-0.2, 0) is 0 Å². The molecule has 4 nitrogen and oxygen atoms in total. The summed E-state index contributed by atoms with van der Waals surface area (Å²) < 4.78 is 0.922. The number of rotatable bonds is 5. The average molecular weight is 313 g/mol. The molecule has 3 N–H and O–H groups in total. The van der Waals surface area contributed by atoms with Gasteiger partial charge in [-0.2, -0.15) is 0 Å². The predicted octanol–water partition coefficient (Wildman–Crippen LogP) is 2.71. The minimum atomic E-state index is 0.676. The smallest absolute Gasteiger partial charge is 0.140 e. The molecule has 1 aromatic rings. The van der Waals surface area contributed by atoms with Gasteiger partial charge in [0.25, 0.3) is 0 Å². The van der Waals surface area contributed by atoms with Crippen LogP contribution in [0.3, 0.4) is 0 Å². The monoisotopic (exact) mass is 312 g/mol. The topological polar surface area (TPSA) is 54.2 Å². The average Bonchev–Trinajstić information content (AvgIpc) is 2.85. The zero-order valence-corrected chi connectivity index (χ0v) is 12.4. The van der Waals surface area contributed by atoms with E-state index in [1.807, 2.05) is 6.07 Å². The van der Waals surface area contributed by atoms with E-state index in [1.165, 1.54) is 25.7 Å². The van der Waals surface area contributed by atoms with Gasteiger partial charge in [0, 0.05) is 19.1 Å². The largest absolute Gasteiger partial charge is 0.397 e. The number of hydrogen-bond acceptors (Lipinski definition) is 4. The lowest BCUT2D eigenvalue weighted by atomic mass is 10.2. The second-order valence-corrected chi connectivity index (χ2v) is 5.80. The van der Waals surface area contributed by atoms with Gasteiger partial charge in [-0.05, 0) is 41.9 Å². The highest BCUT2D eigenvalue weighted by molar-refractivity contribution is 9.10.